The lowest BCUT2D eigenvalue weighted by Gasteiger charge is -2.38. The molecule has 2 heterocycles. The Kier molecular flexibility index (Phi) is 5.20. The van der Waals surface area contributed by atoms with Gasteiger partial charge in [0.05, 0.1) is 18.1 Å². The van der Waals surface area contributed by atoms with Crippen LogP contribution < -0.4 is 4.72 Å². The maximum atomic E-state index is 12.4. The molecule has 3 N–H and O–H groups in total. The molecule has 0 radical (unpaired) electrons. The van der Waals surface area contributed by atoms with Crippen LogP contribution in [0.25, 0.3) is 0 Å². The normalized spacial score (nSPS) is 24.8. The van der Waals surface area contributed by atoms with Gasteiger partial charge >= 0.3 is 5.97 Å². The standard InChI is InChI=1S/C12H22N2O6S/c15-9-12(3-7-20-8-4-12)13-21(18,19)14-5-1-10(2-6-14)11(16)17/h10,13,15H,1-9H2,(H,16,17). The number of rotatable bonds is 5. The molecule has 2 aliphatic heterocycles. The van der Waals surface area contributed by atoms with Gasteiger partial charge in [-0.3, -0.25) is 4.79 Å². The number of carboxylic acid groups (broad SMARTS) is 1. The van der Waals surface area contributed by atoms with Crippen LogP contribution in [0.1, 0.15) is 25.7 Å². The summed E-state index contributed by atoms with van der Waals surface area (Å²) in [6.45, 7) is 0.907. The lowest BCUT2D eigenvalue weighted by Crippen LogP contribution is -2.58. The Labute approximate surface area is 124 Å². The fraction of sp³-hybridized carbons (Fsp3) is 0.917. The third-order valence-corrected chi connectivity index (χ3v) is 5.98. The van der Waals surface area contributed by atoms with Gasteiger partial charge in [-0.15, -0.1) is 0 Å². The summed E-state index contributed by atoms with van der Waals surface area (Å²) in [5.74, 6) is -1.36. The smallest absolute Gasteiger partial charge is 0.306 e. The van der Waals surface area contributed by atoms with Gasteiger partial charge in [0.1, 0.15) is 0 Å². The number of ether oxygens (including phenoxy) is 1. The Morgan fingerprint density at radius 1 is 1.29 bits per heavy atom. The Hall–Kier alpha value is -0.740. The average Bonchev–Trinajstić information content (AvgIpc) is 2.48. The van der Waals surface area contributed by atoms with E-state index in [0.717, 1.165) is 0 Å². The zero-order valence-electron chi connectivity index (χ0n) is 11.8. The van der Waals surface area contributed by atoms with E-state index < -0.39 is 27.6 Å². The molecule has 0 aliphatic carbocycles. The highest BCUT2D eigenvalue weighted by Crippen LogP contribution is 2.24. The molecule has 0 aromatic heterocycles. The van der Waals surface area contributed by atoms with Crippen molar-refractivity contribution in [2.24, 2.45) is 5.92 Å². The van der Waals surface area contributed by atoms with Crippen molar-refractivity contribution in [3.05, 3.63) is 0 Å². The summed E-state index contributed by atoms with van der Waals surface area (Å²) in [7, 11) is -3.73. The number of carbonyl (C=O) groups is 1. The molecule has 2 aliphatic rings. The Morgan fingerprint density at radius 3 is 2.33 bits per heavy atom. The molecule has 122 valence electrons. The van der Waals surface area contributed by atoms with Crippen LogP contribution in [0.5, 0.6) is 0 Å². The number of aliphatic hydroxyl groups excluding tert-OH is 1. The first-order valence-corrected chi connectivity index (χ1v) is 8.53. The highest BCUT2D eigenvalue weighted by Gasteiger charge is 2.39. The highest BCUT2D eigenvalue weighted by molar-refractivity contribution is 7.87. The van der Waals surface area contributed by atoms with Gasteiger partial charge in [0.25, 0.3) is 10.2 Å². The Bertz CT molecular complexity index is 466. The van der Waals surface area contributed by atoms with E-state index in [0.29, 0.717) is 38.9 Å². The molecule has 0 saturated carbocycles. The van der Waals surface area contributed by atoms with Crippen molar-refractivity contribution in [3.63, 3.8) is 0 Å². The fourth-order valence-corrected chi connectivity index (χ4v) is 4.37. The third-order valence-electron chi connectivity index (χ3n) is 4.24. The summed E-state index contributed by atoms with van der Waals surface area (Å²) in [6.07, 6.45) is 1.47. The summed E-state index contributed by atoms with van der Waals surface area (Å²) in [5.41, 5.74) is -0.874. The van der Waals surface area contributed by atoms with Crippen molar-refractivity contribution >= 4 is 16.2 Å². The summed E-state index contributed by atoms with van der Waals surface area (Å²) in [4.78, 5) is 10.9. The zero-order valence-corrected chi connectivity index (χ0v) is 12.6. The first kappa shape index (κ1) is 16.6. The number of hydrogen-bond donors (Lipinski definition) is 3. The van der Waals surface area contributed by atoms with Crippen molar-refractivity contribution in [1.29, 1.82) is 0 Å². The molecule has 9 heteroatoms. The van der Waals surface area contributed by atoms with Crippen molar-refractivity contribution in [2.75, 3.05) is 32.9 Å². The third kappa shape index (κ3) is 3.92. The van der Waals surface area contributed by atoms with Crippen LogP contribution in [-0.4, -0.2) is 67.4 Å². The largest absolute Gasteiger partial charge is 0.481 e. The van der Waals surface area contributed by atoms with Crippen LogP contribution in [-0.2, 0) is 19.7 Å². The van der Waals surface area contributed by atoms with Gasteiger partial charge < -0.3 is 14.9 Å². The van der Waals surface area contributed by atoms with Crippen molar-refractivity contribution in [2.45, 2.75) is 31.2 Å². The first-order chi connectivity index (χ1) is 9.88. The second kappa shape index (κ2) is 6.57. The van der Waals surface area contributed by atoms with E-state index in [1.165, 1.54) is 4.31 Å². The molecule has 21 heavy (non-hydrogen) atoms. The molecule has 2 fully saturated rings. The summed E-state index contributed by atoms with van der Waals surface area (Å²) in [5, 5.41) is 18.5. The predicted octanol–water partition coefficient (Wildman–Crippen LogP) is -0.841. The number of carboxylic acids is 1. The maximum absolute atomic E-state index is 12.4. The van der Waals surface area contributed by atoms with Crippen molar-refractivity contribution in [1.82, 2.24) is 9.03 Å². The van der Waals surface area contributed by atoms with E-state index in [4.69, 9.17) is 9.84 Å². The van der Waals surface area contributed by atoms with Crippen LogP contribution >= 0.6 is 0 Å². The van der Waals surface area contributed by atoms with Crippen LogP contribution in [0.4, 0.5) is 0 Å². The molecule has 0 bridgehead atoms. The topological polar surface area (TPSA) is 116 Å². The Morgan fingerprint density at radius 2 is 1.86 bits per heavy atom. The zero-order chi connectivity index (χ0) is 15.5. The predicted molar refractivity (Wildman–Crippen MR) is 73.9 cm³/mol. The van der Waals surface area contributed by atoms with E-state index in [2.05, 4.69) is 4.72 Å². The van der Waals surface area contributed by atoms with Crippen LogP contribution in [0.15, 0.2) is 0 Å². The summed E-state index contributed by atoms with van der Waals surface area (Å²) < 4.78 is 33.9. The number of aliphatic carboxylic acids is 1. The number of hydrogen-bond acceptors (Lipinski definition) is 5. The van der Waals surface area contributed by atoms with E-state index in [9.17, 15) is 18.3 Å². The summed E-state index contributed by atoms with van der Waals surface area (Å²) >= 11 is 0. The van der Waals surface area contributed by atoms with Gasteiger partial charge in [0.15, 0.2) is 0 Å². The maximum Gasteiger partial charge on any atom is 0.306 e. The molecule has 0 amide bonds. The van der Waals surface area contributed by atoms with E-state index >= 15 is 0 Å². The molecule has 0 aromatic rings. The van der Waals surface area contributed by atoms with Crippen molar-refractivity contribution < 1.29 is 28.2 Å². The second-order valence-electron chi connectivity index (χ2n) is 5.67. The second-order valence-corrected chi connectivity index (χ2v) is 7.34. The van der Waals surface area contributed by atoms with Gasteiger partial charge in [-0.05, 0) is 25.7 Å². The van der Waals surface area contributed by atoms with E-state index in [1.54, 1.807) is 0 Å². The van der Waals surface area contributed by atoms with Crippen molar-refractivity contribution in [3.8, 4) is 0 Å². The molecular weight excluding hydrogens is 300 g/mol. The number of piperidine rings is 1. The molecule has 8 nitrogen and oxygen atoms in total. The lowest BCUT2D eigenvalue weighted by molar-refractivity contribution is -0.142. The van der Waals surface area contributed by atoms with Gasteiger partial charge in [0.2, 0.25) is 0 Å². The number of aliphatic hydroxyl groups is 1. The fourth-order valence-electron chi connectivity index (χ4n) is 2.74. The number of nitrogens with zero attached hydrogens (tertiary/aromatic N) is 1. The van der Waals surface area contributed by atoms with Gasteiger partial charge in [-0.1, -0.05) is 0 Å². The first-order valence-electron chi connectivity index (χ1n) is 7.09. The summed E-state index contributed by atoms with van der Waals surface area (Å²) in [6, 6.07) is 0. The minimum atomic E-state index is -3.73. The molecule has 0 unspecified atom stereocenters. The monoisotopic (exact) mass is 322 g/mol. The van der Waals surface area contributed by atoms with Crippen LogP contribution in [0, 0.1) is 5.92 Å². The minimum Gasteiger partial charge on any atom is -0.481 e. The minimum absolute atomic E-state index is 0.185. The van der Waals surface area contributed by atoms with E-state index in [1.807, 2.05) is 0 Å². The molecule has 2 rings (SSSR count). The highest BCUT2D eigenvalue weighted by atomic mass is 32.2. The average molecular weight is 322 g/mol. The molecule has 0 aromatic carbocycles. The Balaban J connectivity index is 2.00. The van der Waals surface area contributed by atoms with Gasteiger partial charge in [-0.2, -0.15) is 17.4 Å². The van der Waals surface area contributed by atoms with Crippen LogP contribution in [0.3, 0.4) is 0 Å². The van der Waals surface area contributed by atoms with Gasteiger partial charge in [0, 0.05) is 26.3 Å². The van der Waals surface area contributed by atoms with Gasteiger partial charge in [-0.25, -0.2) is 0 Å². The molecule has 2 saturated heterocycles. The molecular formula is C12H22N2O6S. The van der Waals surface area contributed by atoms with Crippen LogP contribution in [0.2, 0.25) is 0 Å². The quantitative estimate of drug-likeness (QED) is 0.608. The number of nitrogens with one attached hydrogen (secondary N) is 1. The van der Waals surface area contributed by atoms with E-state index in [-0.39, 0.29) is 19.7 Å². The lowest BCUT2D eigenvalue weighted by atomic mass is 9.93. The molecule has 0 spiro atoms. The SMILES string of the molecule is O=C(O)C1CCN(S(=O)(=O)NC2(CO)CCOCC2)CC1. The molecule has 0 atom stereocenters.